The molecule has 0 aliphatic rings. The summed E-state index contributed by atoms with van der Waals surface area (Å²) in [6.07, 6.45) is -0.557. The molecule has 1 N–H and O–H groups in total. The predicted octanol–water partition coefficient (Wildman–Crippen LogP) is 4.74. The average Bonchev–Trinajstić information content (AvgIpc) is 2.51. The Morgan fingerprint density at radius 1 is 1.08 bits per heavy atom. The second kappa shape index (κ2) is 9.32. The fourth-order valence-electron chi connectivity index (χ4n) is 2.15. The van der Waals surface area contributed by atoms with Crippen molar-refractivity contribution in [2.45, 2.75) is 18.9 Å². The highest BCUT2D eigenvalue weighted by molar-refractivity contribution is 14.1. The number of hydrogen-bond acceptors (Lipinski definition) is 3. The van der Waals surface area contributed by atoms with E-state index < -0.39 is 18.0 Å². The van der Waals surface area contributed by atoms with Crippen molar-refractivity contribution in [3.8, 4) is 0 Å². The van der Waals surface area contributed by atoms with Gasteiger partial charge >= 0.3 is 11.9 Å². The van der Waals surface area contributed by atoms with Gasteiger partial charge in [-0.1, -0.05) is 30.3 Å². The van der Waals surface area contributed by atoms with Crippen LogP contribution in [0.2, 0.25) is 0 Å². The van der Waals surface area contributed by atoms with Gasteiger partial charge in [-0.15, -0.1) is 0 Å². The summed E-state index contributed by atoms with van der Waals surface area (Å²) in [7, 11) is 0. The smallest absolute Gasteiger partial charge is 0.339 e. The van der Waals surface area contributed by atoms with Gasteiger partial charge in [0.15, 0.2) is 0 Å². The zero-order chi connectivity index (χ0) is 17.7. The van der Waals surface area contributed by atoms with Crippen LogP contribution in [-0.4, -0.2) is 23.1 Å². The van der Waals surface area contributed by atoms with E-state index >= 15 is 0 Å². The zero-order valence-corrected chi connectivity index (χ0v) is 18.8. The lowest BCUT2D eigenvalue weighted by molar-refractivity contribution is -0.139. The molecule has 0 fully saturated rings. The van der Waals surface area contributed by atoms with Crippen LogP contribution in [0, 0.1) is 10.7 Å². The Balaban J connectivity index is 2.19. The van der Waals surface area contributed by atoms with E-state index in [-0.39, 0.29) is 6.42 Å². The van der Waals surface area contributed by atoms with E-state index in [2.05, 4.69) is 67.8 Å². The average molecular weight is 662 g/mol. The Labute approximate surface area is 180 Å². The standard InChI is InChI=1S/C17H13I3O4/c18-11-7-13(16(20)14(19)8-11)17(23)24-12(9-15(21)22)6-10-4-2-1-3-5-10/h1-5,7-8,12H,6,9H2,(H,21,22). The number of carbonyl (C=O) groups excluding carboxylic acids is 1. The third-order valence-corrected chi connectivity index (χ3v) is 6.86. The lowest BCUT2D eigenvalue weighted by Gasteiger charge is -2.17. The maximum absolute atomic E-state index is 12.5. The first-order valence-corrected chi connectivity index (χ1v) is 10.2. The van der Waals surface area contributed by atoms with Crippen molar-refractivity contribution < 1.29 is 19.4 Å². The molecule has 0 heterocycles. The van der Waals surface area contributed by atoms with Crippen LogP contribution < -0.4 is 0 Å². The minimum absolute atomic E-state index is 0.224. The topological polar surface area (TPSA) is 63.6 Å². The molecule has 0 saturated carbocycles. The number of carboxylic acids is 1. The van der Waals surface area contributed by atoms with Crippen molar-refractivity contribution in [1.29, 1.82) is 0 Å². The molecule has 2 aromatic rings. The quantitative estimate of drug-likeness (QED) is 0.276. The lowest BCUT2D eigenvalue weighted by atomic mass is 10.1. The van der Waals surface area contributed by atoms with E-state index in [4.69, 9.17) is 9.84 Å². The van der Waals surface area contributed by atoms with Gasteiger partial charge in [-0.05, 0) is 85.5 Å². The summed E-state index contributed by atoms with van der Waals surface area (Å²) in [6.45, 7) is 0. The molecule has 0 radical (unpaired) electrons. The van der Waals surface area contributed by atoms with Crippen molar-refractivity contribution in [3.05, 3.63) is 64.3 Å². The molecule has 0 saturated heterocycles. The van der Waals surface area contributed by atoms with E-state index in [1.165, 1.54) is 0 Å². The third-order valence-electron chi connectivity index (χ3n) is 3.20. The van der Waals surface area contributed by atoms with Gasteiger partial charge in [0.1, 0.15) is 6.10 Å². The van der Waals surface area contributed by atoms with Gasteiger partial charge in [0.05, 0.1) is 12.0 Å². The number of halogens is 3. The fourth-order valence-corrected chi connectivity index (χ4v) is 4.52. The van der Waals surface area contributed by atoms with Crippen molar-refractivity contribution in [2.75, 3.05) is 0 Å². The largest absolute Gasteiger partial charge is 0.481 e. The Morgan fingerprint density at radius 2 is 1.75 bits per heavy atom. The first-order valence-electron chi connectivity index (χ1n) is 6.98. The molecule has 0 spiro atoms. The number of carbonyl (C=O) groups is 2. The normalized spacial score (nSPS) is 11.8. The first kappa shape index (κ1) is 19.9. The second-order valence-corrected chi connectivity index (χ2v) is 8.55. The predicted molar refractivity (Wildman–Crippen MR) is 116 cm³/mol. The Kier molecular flexibility index (Phi) is 7.72. The molecule has 2 rings (SSSR count). The molecule has 4 nitrogen and oxygen atoms in total. The Bertz CT molecular complexity index is 747. The van der Waals surface area contributed by atoms with Gasteiger partial charge in [-0.3, -0.25) is 4.79 Å². The highest BCUT2D eigenvalue weighted by atomic mass is 127. The van der Waals surface area contributed by atoms with Gasteiger partial charge in [0.25, 0.3) is 0 Å². The molecule has 0 amide bonds. The van der Waals surface area contributed by atoms with Gasteiger partial charge in [0.2, 0.25) is 0 Å². The van der Waals surface area contributed by atoms with Gasteiger partial charge < -0.3 is 9.84 Å². The second-order valence-electron chi connectivity index (χ2n) is 5.06. The maximum Gasteiger partial charge on any atom is 0.339 e. The fraction of sp³-hybridized carbons (Fsp3) is 0.176. The number of ether oxygens (including phenoxy) is 1. The maximum atomic E-state index is 12.5. The minimum Gasteiger partial charge on any atom is -0.481 e. The van der Waals surface area contributed by atoms with Crippen molar-refractivity contribution in [2.24, 2.45) is 0 Å². The summed E-state index contributed by atoms with van der Waals surface area (Å²) < 4.78 is 8.22. The van der Waals surface area contributed by atoms with Crippen molar-refractivity contribution in [3.63, 3.8) is 0 Å². The minimum atomic E-state index is -0.990. The van der Waals surface area contributed by atoms with Crippen LogP contribution in [-0.2, 0) is 16.0 Å². The van der Waals surface area contributed by atoms with Crippen molar-refractivity contribution >= 4 is 79.7 Å². The highest BCUT2D eigenvalue weighted by Crippen LogP contribution is 2.24. The molecular weight excluding hydrogens is 649 g/mol. The van der Waals surface area contributed by atoms with E-state index in [0.29, 0.717) is 12.0 Å². The molecule has 24 heavy (non-hydrogen) atoms. The van der Waals surface area contributed by atoms with Crippen LogP contribution in [0.1, 0.15) is 22.3 Å². The lowest BCUT2D eigenvalue weighted by Crippen LogP contribution is -2.24. The molecule has 0 aromatic heterocycles. The molecule has 0 aliphatic carbocycles. The molecule has 1 unspecified atom stereocenters. The first-order chi connectivity index (χ1) is 11.4. The van der Waals surface area contributed by atoms with E-state index in [1.54, 1.807) is 6.07 Å². The van der Waals surface area contributed by atoms with Crippen molar-refractivity contribution in [1.82, 2.24) is 0 Å². The Morgan fingerprint density at radius 3 is 2.38 bits per heavy atom. The van der Waals surface area contributed by atoms with Crippen LogP contribution in [0.5, 0.6) is 0 Å². The van der Waals surface area contributed by atoms with Crippen LogP contribution >= 0.6 is 67.8 Å². The Hall–Kier alpha value is -0.430. The summed E-state index contributed by atoms with van der Waals surface area (Å²) in [5.41, 5.74) is 1.40. The SMILES string of the molecule is O=C(O)CC(Cc1ccccc1)OC(=O)c1cc(I)cc(I)c1I. The zero-order valence-electron chi connectivity index (χ0n) is 12.3. The van der Waals surface area contributed by atoms with E-state index in [9.17, 15) is 9.59 Å². The number of hydrogen-bond donors (Lipinski definition) is 1. The third kappa shape index (κ3) is 5.83. The van der Waals surface area contributed by atoms with Crippen LogP contribution in [0.4, 0.5) is 0 Å². The molecule has 1 atom stereocenters. The van der Waals surface area contributed by atoms with Crippen LogP contribution in [0.15, 0.2) is 42.5 Å². The summed E-state index contributed by atoms with van der Waals surface area (Å²) in [5.74, 6) is -1.48. The number of esters is 1. The molecular formula is C17H13I3O4. The molecule has 7 heteroatoms. The summed E-state index contributed by atoms with van der Waals surface area (Å²) >= 11 is 6.41. The van der Waals surface area contributed by atoms with Gasteiger partial charge in [-0.2, -0.15) is 0 Å². The van der Waals surface area contributed by atoms with E-state index in [0.717, 1.165) is 16.3 Å². The van der Waals surface area contributed by atoms with Gasteiger partial charge in [0, 0.05) is 17.1 Å². The van der Waals surface area contributed by atoms with Gasteiger partial charge in [-0.25, -0.2) is 4.79 Å². The molecule has 0 bridgehead atoms. The highest BCUT2D eigenvalue weighted by Gasteiger charge is 2.22. The monoisotopic (exact) mass is 662 g/mol. The molecule has 0 aliphatic heterocycles. The number of rotatable bonds is 6. The summed E-state index contributed by atoms with van der Waals surface area (Å²) in [6, 6.07) is 13.1. The van der Waals surface area contributed by atoms with Crippen LogP contribution in [0.3, 0.4) is 0 Å². The van der Waals surface area contributed by atoms with Crippen LogP contribution in [0.25, 0.3) is 0 Å². The molecule has 126 valence electrons. The van der Waals surface area contributed by atoms with E-state index in [1.807, 2.05) is 36.4 Å². The number of benzene rings is 2. The summed E-state index contributed by atoms with van der Waals surface area (Å²) in [5, 5.41) is 9.09. The number of carboxylic acid groups (broad SMARTS) is 1. The molecule has 2 aromatic carbocycles. The number of aliphatic carboxylic acids is 1. The summed E-state index contributed by atoms with van der Waals surface area (Å²) in [4.78, 5) is 23.6.